The maximum absolute atomic E-state index is 2.47. The zero-order chi connectivity index (χ0) is 9.42. The first kappa shape index (κ1) is 9.46. The number of thiophene rings is 1. The van der Waals surface area contributed by atoms with E-state index in [1.165, 1.54) is 24.8 Å². The Bertz CT molecular complexity index is 443. The van der Waals surface area contributed by atoms with Crippen LogP contribution in [0.1, 0.15) is 18.1 Å². The van der Waals surface area contributed by atoms with E-state index in [2.05, 4.69) is 54.0 Å². The summed E-state index contributed by atoms with van der Waals surface area (Å²) in [6.45, 7) is 4.43. The molecule has 0 saturated carbocycles. The second-order valence-electron chi connectivity index (χ2n) is 3.17. The van der Waals surface area contributed by atoms with Crippen LogP contribution in [0.4, 0.5) is 0 Å². The molecule has 13 heavy (non-hydrogen) atoms. The topological polar surface area (TPSA) is 0 Å². The Morgan fingerprint density at radius 3 is 2.92 bits per heavy atom. The fourth-order valence-electron chi connectivity index (χ4n) is 1.67. The Hall–Kier alpha value is -0.0900. The molecule has 0 aliphatic heterocycles. The lowest BCUT2D eigenvalue weighted by molar-refractivity contribution is 1.10. The van der Waals surface area contributed by atoms with E-state index in [1.54, 1.807) is 0 Å². The summed E-state index contributed by atoms with van der Waals surface area (Å²) < 4.78 is 2.86. The average molecular weight is 302 g/mol. The molecule has 0 spiro atoms. The van der Waals surface area contributed by atoms with Gasteiger partial charge in [-0.1, -0.05) is 6.92 Å². The summed E-state index contributed by atoms with van der Waals surface area (Å²) in [6, 6.07) is 4.53. The average Bonchev–Trinajstić information content (AvgIpc) is 2.53. The molecule has 0 fully saturated rings. The quantitative estimate of drug-likeness (QED) is 0.686. The fourth-order valence-corrected chi connectivity index (χ4v) is 4.02. The summed E-state index contributed by atoms with van der Waals surface area (Å²) in [5.74, 6) is 0. The predicted octanol–water partition coefficient (Wildman–Crippen LogP) is 4.38. The van der Waals surface area contributed by atoms with Crippen LogP contribution in [0.25, 0.3) is 10.1 Å². The SMILES string of the molecule is CCc1c(C)cc2sccc2c1I. The normalized spacial score (nSPS) is 11.0. The molecule has 0 bridgehead atoms. The number of hydrogen-bond donors (Lipinski definition) is 0. The molecule has 1 aromatic carbocycles. The van der Waals surface area contributed by atoms with Gasteiger partial charge in [-0.15, -0.1) is 11.3 Å². The molecule has 0 aliphatic rings. The minimum Gasteiger partial charge on any atom is -0.144 e. The van der Waals surface area contributed by atoms with Crippen LogP contribution in [-0.2, 0) is 6.42 Å². The molecule has 2 aromatic rings. The third-order valence-corrected chi connectivity index (χ3v) is 4.47. The van der Waals surface area contributed by atoms with E-state index in [0.717, 1.165) is 6.42 Å². The van der Waals surface area contributed by atoms with Crippen molar-refractivity contribution in [3.8, 4) is 0 Å². The monoisotopic (exact) mass is 302 g/mol. The van der Waals surface area contributed by atoms with Gasteiger partial charge in [0.25, 0.3) is 0 Å². The molecule has 2 heteroatoms. The molecular weight excluding hydrogens is 291 g/mol. The van der Waals surface area contributed by atoms with Gasteiger partial charge in [0.1, 0.15) is 0 Å². The molecule has 1 aromatic heterocycles. The van der Waals surface area contributed by atoms with Crippen LogP contribution in [0.2, 0.25) is 0 Å². The number of rotatable bonds is 1. The van der Waals surface area contributed by atoms with Gasteiger partial charge in [-0.2, -0.15) is 0 Å². The maximum atomic E-state index is 2.47. The summed E-state index contributed by atoms with van der Waals surface area (Å²) >= 11 is 4.30. The van der Waals surface area contributed by atoms with Crippen molar-refractivity contribution in [1.82, 2.24) is 0 Å². The largest absolute Gasteiger partial charge is 0.144 e. The van der Waals surface area contributed by atoms with Crippen LogP contribution in [0, 0.1) is 10.5 Å². The Labute approximate surface area is 96.1 Å². The van der Waals surface area contributed by atoms with Gasteiger partial charge in [0.2, 0.25) is 0 Å². The number of hydrogen-bond acceptors (Lipinski definition) is 1. The Balaban J connectivity index is 2.85. The zero-order valence-electron chi connectivity index (χ0n) is 7.73. The van der Waals surface area contributed by atoms with Crippen LogP contribution in [-0.4, -0.2) is 0 Å². The van der Waals surface area contributed by atoms with E-state index >= 15 is 0 Å². The Morgan fingerprint density at radius 1 is 1.46 bits per heavy atom. The molecule has 68 valence electrons. The smallest absolute Gasteiger partial charge is 0.0356 e. The fraction of sp³-hybridized carbons (Fsp3) is 0.273. The van der Waals surface area contributed by atoms with Gasteiger partial charge in [0.15, 0.2) is 0 Å². The molecule has 2 rings (SSSR count). The molecule has 0 nitrogen and oxygen atoms in total. The second kappa shape index (κ2) is 3.58. The highest BCUT2D eigenvalue weighted by molar-refractivity contribution is 14.1. The van der Waals surface area contributed by atoms with E-state index in [1.807, 2.05) is 11.3 Å². The van der Waals surface area contributed by atoms with Crippen molar-refractivity contribution in [1.29, 1.82) is 0 Å². The molecule has 0 saturated heterocycles. The zero-order valence-corrected chi connectivity index (χ0v) is 10.7. The minimum absolute atomic E-state index is 1.13. The van der Waals surface area contributed by atoms with Gasteiger partial charge in [-0.05, 0) is 64.6 Å². The first-order valence-corrected chi connectivity index (χ1v) is 6.35. The van der Waals surface area contributed by atoms with Crippen molar-refractivity contribution in [2.75, 3.05) is 0 Å². The summed E-state index contributed by atoms with van der Waals surface area (Å²) in [4.78, 5) is 0. The van der Waals surface area contributed by atoms with Gasteiger partial charge in [0, 0.05) is 13.7 Å². The van der Waals surface area contributed by atoms with Crippen LogP contribution >= 0.6 is 33.9 Å². The van der Waals surface area contributed by atoms with Crippen molar-refractivity contribution in [2.24, 2.45) is 0 Å². The van der Waals surface area contributed by atoms with Crippen LogP contribution < -0.4 is 0 Å². The first-order chi connectivity index (χ1) is 6.24. The van der Waals surface area contributed by atoms with Crippen molar-refractivity contribution in [2.45, 2.75) is 20.3 Å². The lowest BCUT2D eigenvalue weighted by atomic mass is 10.0. The van der Waals surface area contributed by atoms with Crippen LogP contribution in [0.3, 0.4) is 0 Å². The third-order valence-electron chi connectivity index (χ3n) is 2.37. The standard InChI is InChI=1S/C11H11IS/c1-3-8-7(2)6-10-9(11(8)12)4-5-13-10/h4-6H,3H2,1-2H3. The maximum Gasteiger partial charge on any atom is 0.0356 e. The molecule has 0 radical (unpaired) electrons. The molecule has 0 N–H and O–H groups in total. The number of aryl methyl sites for hydroxylation is 1. The second-order valence-corrected chi connectivity index (χ2v) is 5.20. The number of benzene rings is 1. The predicted molar refractivity (Wildman–Crippen MR) is 68.7 cm³/mol. The van der Waals surface area contributed by atoms with Gasteiger partial charge >= 0.3 is 0 Å². The molecule has 0 unspecified atom stereocenters. The van der Waals surface area contributed by atoms with Gasteiger partial charge in [-0.3, -0.25) is 0 Å². The minimum atomic E-state index is 1.13. The third kappa shape index (κ3) is 1.50. The van der Waals surface area contributed by atoms with Crippen molar-refractivity contribution < 1.29 is 0 Å². The summed E-state index contributed by atoms with van der Waals surface area (Å²) in [7, 11) is 0. The number of halogens is 1. The van der Waals surface area contributed by atoms with E-state index < -0.39 is 0 Å². The highest BCUT2D eigenvalue weighted by Gasteiger charge is 2.07. The van der Waals surface area contributed by atoms with Gasteiger partial charge < -0.3 is 0 Å². The molecule has 0 atom stereocenters. The van der Waals surface area contributed by atoms with Crippen LogP contribution in [0.5, 0.6) is 0 Å². The summed E-state index contributed by atoms with van der Waals surface area (Å²) in [6.07, 6.45) is 1.13. The molecule has 0 aliphatic carbocycles. The molecule has 0 amide bonds. The van der Waals surface area contributed by atoms with Crippen molar-refractivity contribution in [3.63, 3.8) is 0 Å². The summed E-state index contributed by atoms with van der Waals surface area (Å²) in [5.41, 5.74) is 2.94. The molecule has 1 heterocycles. The van der Waals surface area contributed by atoms with E-state index in [0.29, 0.717) is 0 Å². The van der Waals surface area contributed by atoms with Gasteiger partial charge in [0.05, 0.1) is 0 Å². The van der Waals surface area contributed by atoms with Gasteiger partial charge in [-0.25, -0.2) is 0 Å². The molecular formula is C11H11IS. The van der Waals surface area contributed by atoms with Crippen molar-refractivity contribution in [3.05, 3.63) is 32.2 Å². The van der Waals surface area contributed by atoms with Crippen molar-refractivity contribution >= 4 is 44.0 Å². The highest BCUT2D eigenvalue weighted by atomic mass is 127. The Morgan fingerprint density at radius 2 is 2.23 bits per heavy atom. The van der Waals surface area contributed by atoms with E-state index in [4.69, 9.17) is 0 Å². The highest BCUT2D eigenvalue weighted by Crippen LogP contribution is 2.30. The number of fused-ring (bicyclic) bond motifs is 1. The van der Waals surface area contributed by atoms with E-state index in [9.17, 15) is 0 Å². The first-order valence-electron chi connectivity index (χ1n) is 4.39. The van der Waals surface area contributed by atoms with Crippen LogP contribution in [0.15, 0.2) is 17.5 Å². The lowest BCUT2D eigenvalue weighted by Gasteiger charge is -2.06. The van der Waals surface area contributed by atoms with E-state index in [-0.39, 0.29) is 0 Å². The summed E-state index contributed by atoms with van der Waals surface area (Å²) in [5, 5.41) is 3.60. The Kier molecular flexibility index (Phi) is 2.60. The lowest BCUT2D eigenvalue weighted by Crippen LogP contribution is -1.90.